The van der Waals surface area contributed by atoms with Crippen molar-refractivity contribution in [3.05, 3.63) is 54.1 Å². The standard InChI is InChI=1S/C22H27N3O/c1-25(15-16-11-12-16)14-13-22(23,26-2)21-17-7-3-5-9-19(17)24-20-10-6-4-8-18(20)21/h3-10,16H,11-15,23H2,1-2H3. The Bertz CT molecular complexity index is 868. The lowest BCUT2D eigenvalue weighted by Gasteiger charge is -2.32. The number of fused-ring (bicyclic) bond motifs is 2. The molecule has 1 atom stereocenters. The second kappa shape index (κ2) is 6.95. The van der Waals surface area contributed by atoms with Crippen LogP contribution in [0.1, 0.15) is 24.8 Å². The van der Waals surface area contributed by atoms with Crippen LogP contribution in [0.25, 0.3) is 21.8 Å². The average molecular weight is 349 g/mol. The van der Waals surface area contributed by atoms with Gasteiger partial charge in [0.05, 0.1) is 11.0 Å². The van der Waals surface area contributed by atoms with E-state index >= 15 is 0 Å². The van der Waals surface area contributed by atoms with E-state index in [1.807, 2.05) is 36.4 Å². The van der Waals surface area contributed by atoms with E-state index in [-0.39, 0.29) is 0 Å². The van der Waals surface area contributed by atoms with Crippen molar-refractivity contribution in [2.75, 3.05) is 27.2 Å². The lowest BCUT2D eigenvalue weighted by Crippen LogP contribution is -2.42. The maximum absolute atomic E-state index is 6.87. The zero-order valence-corrected chi connectivity index (χ0v) is 15.6. The molecule has 0 aliphatic heterocycles. The SMILES string of the molecule is COC(N)(CCN(C)CC1CC1)c1c2ccccc2nc2ccccc12. The summed E-state index contributed by atoms with van der Waals surface area (Å²) in [6, 6.07) is 16.4. The average Bonchev–Trinajstić information content (AvgIpc) is 3.48. The number of ether oxygens (including phenoxy) is 1. The summed E-state index contributed by atoms with van der Waals surface area (Å²) in [6.45, 7) is 2.06. The Morgan fingerprint density at radius 1 is 1.08 bits per heavy atom. The first-order valence-electron chi connectivity index (χ1n) is 9.41. The van der Waals surface area contributed by atoms with Crippen LogP contribution in [0.5, 0.6) is 0 Å². The highest BCUT2D eigenvalue weighted by molar-refractivity contribution is 5.98. The lowest BCUT2D eigenvalue weighted by molar-refractivity contribution is -0.0203. The van der Waals surface area contributed by atoms with Crippen LogP contribution in [0.4, 0.5) is 0 Å². The molecule has 26 heavy (non-hydrogen) atoms. The number of aromatic nitrogens is 1. The molecule has 1 aromatic heterocycles. The van der Waals surface area contributed by atoms with Gasteiger partial charge in [-0.25, -0.2) is 4.98 Å². The molecule has 0 bridgehead atoms. The van der Waals surface area contributed by atoms with Gasteiger partial charge in [-0.3, -0.25) is 5.73 Å². The third kappa shape index (κ3) is 3.32. The molecule has 1 fully saturated rings. The molecule has 4 nitrogen and oxygen atoms in total. The molecule has 0 radical (unpaired) electrons. The molecule has 1 heterocycles. The third-order valence-electron chi connectivity index (χ3n) is 5.51. The van der Waals surface area contributed by atoms with Gasteiger partial charge in [0.2, 0.25) is 0 Å². The number of nitrogens with zero attached hydrogens (tertiary/aromatic N) is 2. The summed E-state index contributed by atoms with van der Waals surface area (Å²) in [5, 5.41) is 2.14. The van der Waals surface area contributed by atoms with Crippen LogP contribution in [-0.4, -0.2) is 37.1 Å². The molecule has 1 unspecified atom stereocenters. The van der Waals surface area contributed by atoms with Crippen molar-refractivity contribution in [1.82, 2.24) is 9.88 Å². The first kappa shape index (κ1) is 17.4. The number of methoxy groups -OCH3 is 1. The molecule has 0 saturated heterocycles. The number of hydrogen-bond acceptors (Lipinski definition) is 4. The zero-order chi connectivity index (χ0) is 18.1. The number of nitrogens with two attached hydrogens (primary N) is 1. The fraction of sp³-hybridized carbons (Fsp3) is 0.409. The second-order valence-corrected chi connectivity index (χ2v) is 7.57. The van der Waals surface area contributed by atoms with Crippen molar-refractivity contribution in [3.63, 3.8) is 0 Å². The summed E-state index contributed by atoms with van der Waals surface area (Å²) in [5.41, 5.74) is 8.98. The monoisotopic (exact) mass is 349 g/mol. The van der Waals surface area contributed by atoms with E-state index in [2.05, 4.69) is 24.1 Å². The summed E-state index contributed by atoms with van der Waals surface area (Å²) in [7, 11) is 3.89. The Morgan fingerprint density at radius 2 is 1.65 bits per heavy atom. The summed E-state index contributed by atoms with van der Waals surface area (Å²) in [4.78, 5) is 7.19. The van der Waals surface area contributed by atoms with Gasteiger partial charge in [0.15, 0.2) is 0 Å². The van der Waals surface area contributed by atoms with Crippen molar-refractivity contribution >= 4 is 21.8 Å². The minimum atomic E-state index is -0.847. The number of rotatable bonds is 7. The highest BCUT2D eigenvalue weighted by atomic mass is 16.5. The van der Waals surface area contributed by atoms with Crippen molar-refractivity contribution in [2.45, 2.75) is 25.0 Å². The molecule has 0 spiro atoms. The van der Waals surface area contributed by atoms with Crippen molar-refractivity contribution in [3.8, 4) is 0 Å². The molecule has 1 aliphatic carbocycles. The Kier molecular flexibility index (Phi) is 4.65. The van der Waals surface area contributed by atoms with Gasteiger partial charge in [0, 0.05) is 43.0 Å². The van der Waals surface area contributed by atoms with Gasteiger partial charge in [-0.05, 0) is 37.9 Å². The maximum Gasteiger partial charge on any atom is 0.144 e. The molecule has 136 valence electrons. The maximum atomic E-state index is 6.87. The predicted octanol–water partition coefficient (Wildman–Crippen LogP) is 3.88. The van der Waals surface area contributed by atoms with Gasteiger partial charge >= 0.3 is 0 Å². The van der Waals surface area contributed by atoms with E-state index < -0.39 is 5.72 Å². The molecule has 2 N–H and O–H groups in total. The fourth-order valence-corrected chi connectivity index (χ4v) is 3.81. The van der Waals surface area contributed by atoms with E-state index in [1.165, 1.54) is 12.8 Å². The van der Waals surface area contributed by atoms with Gasteiger partial charge in [0.1, 0.15) is 5.72 Å². The van der Waals surface area contributed by atoms with Crippen LogP contribution < -0.4 is 5.73 Å². The Balaban J connectivity index is 1.77. The smallest absolute Gasteiger partial charge is 0.144 e. The molecule has 4 heteroatoms. The van der Waals surface area contributed by atoms with Crippen molar-refractivity contribution in [2.24, 2.45) is 11.7 Å². The summed E-state index contributed by atoms with van der Waals surface area (Å²) in [5.74, 6) is 0.873. The van der Waals surface area contributed by atoms with E-state index in [1.54, 1.807) is 7.11 Å². The second-order valence-electron chi connectivity index (χ2n) is 7.57. The molecule has 1 aliphatic rings. The van der Waals surface area contributed by atoms with Crippen LogP contribution in [0.15, 0.2) is 48.5 Å². The number of hydrogen-bond donors (Lipinski definition) is 1. The van der Waals surface area contributed by atoms with Gasteiger partial charge in [-0.15, -0.1) is 0 Å². The quantitative estimate of drug-likeness (QED) is 0.519. The topological polar surface area (TPSA) is 51.4 Å². The van der Waals surface area contributed by atoms with Crippen LogP contribution in [0.2, 0.25) is 0 Å². The first-order valence-corrected chi connectivity index (χ1v) is 9.41. The molecule has 1 saturated carbocycles. The number of para-hydroxylation sites is 2. The highest BCUT2D eigenvalue weighted by Gasteiger charge is 2.32. The predicted molar refractivity (Wildman–Crippen MR) is 107 cm³/mol. The molecular weight excluding hydrogens is 322 g/mol. The van der Waals surface area contributed by atoms with Crippen LogP contribution in [-0.2, 0) is 10.5 Å². The molecule has 0 amide bonds. The number of pyridine rings is 1. The largest absolute Gasteiger partial charge is 0.360 e. The van der Waals surface area contributed by atoms with Gasteiger partial charge in [0.25, 0.3) is 0 Å². The Labute approximate surface area is 155 Å². The lowest BCUT2D eigenvalue weighted by atomic mass is 9.91. The number of benzene rings is 2. The van der Waals surface area contributed by atoms with Crippen LogP contribution >= 0.6 is 0 Å². The fourth-order valence-electron chi connectivity index (χ4n) is 3.81. The minimum Gasteiger partial charge on any atom is -0.360 e. The molecule has 3 aromatic rings. The Hall–Kier alpha value is -2.01. The first-order chi connectivity index (χ1) is 12.6. The van der Waals surface area contributed by atoms with Gasteiger partial charge in [-0.2, -0.15) is 0 Å². The van der Waals surface area contributed by atoms with E-state index in [9.17, 15) is 0 Å². The molecular formula is C22H27N3O. The third-order valence-corrected chi connectivity index (χ3v) is 5.51. The normalized spacial score (nSPS) is 17.1. The van der Waals surface area contributed by atoms with Crippen LogP contribution in [0.3, 0.4) is 0 Å². The van der Waals surface area contributed by atoms with Crippen molar-refractivity contribution in [1.29, 1.82) is 0 Å². The summed E-state index contributed by atoms with van der Waals surface area (Å²) < 4.78 is 5.93. The highest BCUT2D eigenvalue weighted by Crippen LogP contribution is 2.36. The van der Waals surface area contributed by atoms with Crippen LogP contribution in [0, 0.1) is 5.92 Å². The Morgan fingerprint density at radius 3 is 2.19 bits per heavy atom. The van der Waals surface area contributed by atoms with E-state index in [0.717, 1.165) is 52.8 Å². The zero-order valence-electron chi connectivity index (χ0n) is 15.6. The van der Waals surface area contributed by atoms with Gasteiger partial charge < -0.3 is 9.64 Å². The summed E-state index contributed by atoms with van der Waals surface area (Å²) >= 11 is 0. The van der Waals surface area contributed by atoms with E-state index in [0.29, 0.717) is 0 Å². The van der Waals surface area contributed by atoms with E-state index in [4.69, 9.17) is 15.5 Å². The van der Waals surface area contributed by atoms with Crippen molar-refractivity contribution < 1.29 is 4.74 Å². The minimum absolute atomic E-state index is 0.741. The summed E-state index contributed by atoms with van der Waals surface area (Å²) in [6.07, 6.45) is 3.47. The molecule has 2 aromatic carbocycles. The van der Waals surface area contributed by atoms with Gasteiger partial charge in [-0.1, -0.05) is 36.4 Å². The molecule has 4 rings (SSSR count).